The Morgan fingerprint density at radius 3 is 2.59 bits per heavy atom. The Hall–Kier alpha value is -3.52. The molecule has 146 valence electrons. The number of benzene rings is 1. The summed E-state index contributed by atoms with van der Waals surface area (Å²) >= 11 is 1.49. The van der Waals surface area contributed by atoms with Gasteiger partial charge in [0.1, 0.15) is 0 Å². The van der Waals surface area contributed by atoms with Crippen molar-refractivity contribution in [3.05, 3.63) is 94.0 Å². The van der Waals surface area contributed by atoms with E-state index >= 15 is 0 Å². The summed E-state index contributed by atoms with van der Waals surface area (Å²) in [4.78, 5) is 27.9. The molecule has 0 aliphatic rings. The van der Waals surface area contributed by atoms with Crippen molar-refractivity contribution in [1.29, 1.82) is 0 Å². The number of hydrogen-bond donors (Lipinski definition) is 1. The first kappa shape index (κ1) is 18.8. The number of aromatic nitrogens is 4. The number of pyridine rings is 1. The van der Waals surface area contributed by atoms with Gasteiger partial charge in [-0.15, -0.1) is 11.3 Å². The summed E-state index contributed by atoms with van der Waals surface area (Å²) < 4.78 is 1.42. The largest absolute Gasteiger partial charge is 0.343 e. The van der Waals surface area contributed by atoms with E-state index in [1.54, 1.807) is 30.4 Å². The van der Waals surface area contributed by atoms with Gasteiger partial charge in [-0.3, -0.25) is 9.59 Å². The standard InChI is InChI=1S/C21H19N5O2S/c1-25-13-17(16(12-20(25)27)19-8-5-11-29-19)21(28)24-18(14-26-22-9-10-23-26)15-6-3-2-4-7-15/h2-13,18H,14H2,1H3,(H,24,28)/t18-/m1/s1. The maximum atomic E-state index is 13.3. The Labute approximate surface area is 171 Å². The fraction of sp³-hybridized carbons (Fsp3) is 0.143. The number of nitrogens with one attached hydrogen (secondary N) is 1. The summed E-state index contributed by atoms with van der Waals surface area (Å²) in [6, 6.07) is 14.7. The van der Waals surface area contributed by atoms with E-state index in [0.717, 1.165) is 10.4 Å². The fourth-order valence-electron chi connectivity index (χ4n) is 3.10. The zero-order valence-electron chi connectivity index (χ0n) is 15.7. The monoisotopic (exact) mass is 405 g/mol. The van der Waals surface area contributed by atoms with Gasteiger partial charge in [0.25, 0.3) is 11.5 Å². The van der Waals surface area contributed by atoms with Gasteiger partial charge in [0, 0.05) is 29.8 Å². The van der Waals surface area contributed by atoms with Crippen molar-refractivity contribution in [1.82, 2.24) is 24.9 Å². The van der Waals surface area contributed by atoms with Crippen LogP contribution in [0.4, 0.5) is 0 Å². The second-order valence-corrected chi connectivity index (χ2v) is 7.50. The molecule has 1 atom stereocenters. The number of carbonyl (C=O) groups is 1. The van der Waals surface area contributed by atoms with Crippen molar-refractivity contribution >= 4 is 17.2 Å². The van der Waals surface area contributed by atoms with Gasteiger partial charge in [-0.1, -0.05) is 36.4 Å². The Morgan fingerprint density at radius 2 is 1.90 bits per heavy atom. The lowest BCUT2D eigenvalue weighted by Gasteiger charge is -2.20. The molecule has 0 spiro atoms. The molecule has 3 aromatic heterocycles. The highest BCUT2D eigenvalue weighted by atomic mass is 32.1. The van der Waals surface area contributed by atoms with Crippen molar-refractivity contribution in [3.8, 4) is 10.4 Å². The Balaban J connectivity index is 1.69. The predicted octanol–water partition coefficient (Wildman–Crippen LogP) is 2.88. The van der Waals surface area contributed by atoms with Gasteiger partial charge in [-0.05, 0) is 17.0 Å². The summed E-state index contributed by atoms with van der Waals surface area (Å²) in [5.74, 6) is -0.259. The first-order valence-electron chi connectivity index (χ1n) is 9.06. The number of carbonyl (C=O) groups excluding carboxylic acids is 1. The van der Waals surface area contributed by atoms with Crippen molar-refractivity contribution in [2.45, 2.75) is 12.6 Å². The molecule has 0 unspecified atom stereocenters. The van der Waals surface area contributed by atoms with E-state index in [2.05, 4.69) is 15.5 Å². The molecule has 1 aromatic carbocycles. The van der Waals surface area contributed by atoms with E-state index in [9.17, 15) is 9.59 Å². The molecule has 0 saturated heterocycles. The molecule has 0 fully saturated rings. The van der Waals surface area contributed by atoms with Crippen molar-refractivity contribution < 1.29 is 4.79 Å². The molecule has 4 aromatic rings. The second kappa shape index (κ2) is 8.24. The molecule has 29 heavy (non-hydrogen) atoms. The first-order valence-corrected chi connectivity index (χ1v) is 9.94. The quantitative estimate of drug-likeness (QED) is 0.535. The maximum absolute atomic E-state index is 13.3. The Kier molecular flexibility index (Phi) is 5.35. The molecule has 0 radical (unpaired) electrons. The third kappa shape index (κ3) is 4.17. The van der Waals surface area contributed by atoms with E-state index in [1.165, 1.54) is 22.0 Å². The van der Waals surface area contributed by atoms with Crippen LogP contribution in [0.5, 0.6) is 0 Å². The van der Waals surface area contributed by atoms with Crippen molar-refractivity contribution in [3.63, 3.8) is 0 Å². The summed E-state index contributed by atoms with van der Waals surface area (Å²) in [5.41, 5.74) is 1.86. The van der Waals surface area contributed by atoms with Crippen LogP contribution >= 0.6 is 11.3 Å². The van der Waals surface area contributed by atoms with E-state index < -0.39 is 0 Å². The lowest BCUT2D eigenvalue weighted by atomic mass is 10.0. The van der Waals surface area contributed by atoms with E-state index in [4.69, 9.17) is 0 Å². The highest BCUT2D eigenvalue weighted by molar-refractivity contribution is 7.13. The average molecular weight is 405 g/mol. The van der Waals surface area contributed by atoms with Gasteiger partial charge >= 0.3 is 0 Å². The first-order chi connectivity index (χ1) is 14.1. The van der Waals surface area contributed by atoms with Gasteiger partial charge in [0.15, 0.2) is 0 Å². The fourth-order valence-corrected chi connectivity index (χ4v) is 3.86. The van der Waals surface area contributed by atoms with Crippen LogP contribution in [-0.2, 0) is 13.6 Å². The lowest BCUT2D eigenvalue weighted by Crippen LogP contribution is -2.33. The smallest absolute Gasteiger partial charge is 0.253 e. The van der Waals surface area contributed by atoms with Gasteiger partial charge < -0.3 is 9.88 Å². The van der Waals surface area contributed by atoms with Gasteiger partial charge in [-0.25, -0.2) is 0 Å². The zero-order chi connectivity index (χ0) is 20.2. The minimum atomic E-state index is -0.329. The van der Waals surface area contributed by atoms with Crippen LogP contribution in [0.2, 0.25) is 0 Å². The molecular formula is C21H19N5O2S. The summed E-state index contributed by atoms with van der Waals surface area (Å²) in [6.07, 6.45) is 4.79. The van der Waals surface area contributed by atoms with Crippen LogP contribution in [0, 0.1) is 0 Å². The van der Waals surface area contributed by atoms with E-state index in [1.807, 2.05) is 47.8 Å². The molecule has 3 heterocycles. The summed E-state index contributed by atoms with van der Waals surface area (Å²) in [5, 5.41) is 13.3. The minimum Gasteiger partial charge on any atom is -0.343 e. The highest BCUT2D eigenvalue weighted by Gasteiger charge is 2.21. The maximum Gasteiger partial charge on any atom is 0.253 e. The van der Waals surface area contributed by atoms with Crippen LogP contribution in [0.15, 0.2) is 77.3 Å². The van der Waals surface area contributed by atoms with Crippen LogP contribution in [0.1, 0.15) is 22.0 Å². The molecule has 7 nitrogen and oxygen atoms in total. The summed E-state index contributed by atoms with van der Waals surface area (Å²) in [7, 11) is 1.64. The molecule has 1 N–H and O–H groups in total. The van der Waals surface area contributed by atoms with Gasteiger partial charge in [0.2, 0.25) is 0 Å². The minimum absolute atomic E-state index is 0.162. The van der Waals surface area contributed by atoms with E-state index in [-0.39, 0.29) is 17.5 Å². The van der Waals surface area contributed by atoms with E-state index in [0.29, 0.717) is 17.7 Å². The molecule has 0 aliphatic heterocycles. The summed E-state index contributed by atoms with van der Waals surface area (Å²) in [6.45, 7) is 0.392. The van der Waals surface area contributed by atoms with Crippen molar-refractivity contribution in [2.75, 3.05) is 0 Å². The lowest BCUT2D eigenvalue weighted by molar-refractivity contribution is 0.0930. The van der Waals surface area contributed by atoms with Crippen LogP contribution in [-0.4, -0.2) is 25.5 Å². The molecule has 0 saturated carbocycles. The molecule has 0 bridgehead atoms. The molecule has 8 heteroatoms. The predicted molar refractivity (Wildman–Crippen MR) is 112 cm³/mol. The van der Waals surface area contributed by atoms with Crippen LogP contribution in [0.3, 0.4) is 0 Å². The second-order valence-electron chi connectivity index (χ2n) is 6.55. The number of amides is 1. The highest BCUT2D eigenvalue weighted by Crippen LogP contribution is 2.27. The Morgan fingerprint density at radius 1 is 1.14 bits per heavy atom. The molecule has 4 rings (SSSR count). The normalized spacial score (nSPS) is 11.9. The van der Waals surface area contributed by atoms with Crippen LogP contribution < -0.4 is 10.9 Å². The topological polar surface area (TPSA) is 81.8 Å². The number of nitrogens with zero attached hydrogens (tertiary/aromatic N) is 4. The molecule has 1 amide bonds. The molecule has 0 aliphatic carbocycles. The number of hydrogen-bond acceptors (Lipinski definition) is 5. The van der Waals surface area contributed by atoms with Gasteiger partial charge in [0.05, 0.1) is 30.5 Å². The van der Waals surface area contributed by atoms with Gasteiger partial charge in [-0.2, -0.15) is 15.0 Å². The number of thiophene rings is 1. The van der Waals surface area contributed by atoms with Crippen molar-refractivity contribution in [2.24, 2.45) is 7.05 Å². The number of aryl methyl sites for hydroxylation is 1. The third-order valence-corrected chi connectivity index (χ3v) is 5.48. The molecular weight excluding hydrogens is 386 g/mol. The average Bonchev–Trinajstić information content (AvgIpc) is 3.44. The zero-order valence-corrected chi connectivity index (χ0v) is 16.5. The number of rotatable bonds is 6. The van der Waals surface area contributed by atoms with Crippen LogP contribution in [0.25, 0.3) is 10.4 Å². The SMILES string of the molecule is Cn1cc(C(=O)N[C@H](Cn2nccn2)c2ccccc2)c(-c2cccs2)cc1=O. The third-order valence-electron chi connectivity index (χ3n) is 4.58. The Bertz CT molecular complexity index is 1150.